The number of fused-ring (bicyclic) bond motifs is 1. The van der Waals surface area contributed by atoms with E-state index in [4.69, 9.17) is 4.74 Å². The third-order valence-electron chi connectivity index (χ3n) is 2.92. The fraction of sp³-hybridized carbons (Fsp3) is 0.125. The molecule has 1 heterocycles. The fourth-order valence-electron chi connectivity index (χ4n) is 2.00. The summed E-state index contributed by atoms with van der Waals surface area (Å²) in [5, 5.41) is 0. The van der Waals surface area contributed by atoms with Crippen LogP contribution in [0.1, 0.15) is 11.3 Å². The molecule has 2 aromatic carbocycles. The van der Waals surface area contributed by atoms with Gasteiger partial charge in [-0.05, 0) is 52.7 Å². The van der Waals surface area contributed by atoms with Crippen molar-refractivity contribution in [3.63, 3.8) is 0 Å². The van der Waals surface area contributed by atoms with E-state index in [2.05, 4.69) is 25.9 Å². The highest BCUT2D eigenvalue weighted by molar-refractivity contribution is 9.10. The lowest BCUT2D eigenvalue weighted by Crippen LogP contribution is -2.00. The van der Waals surface area contributed by atoms with E-state index in [1.54, 1.807) is 6.20 Å². The Labute approximate surface area is 125 Å². The van der Waals surface area contributed by atoms with E-state index >= 15 is 0 Å². The molecule has 100 valence electrons. The number of benzene rings is 2. The zero-order valence-corrected chi connectivity index (χ0v) is 12.6. The lowest BCUT2D eigenvalue weighted by molar-refractivity contribution is 0.301. The van der Waals surface area contributed by atoms with Crippen LogP contribution in [0.15, 0.2) is 53.1 Å². The predicted octanol–water partition coefficient (Wildman–Crippen LogP) is 4.28. The first-order valence-electron chi connectivity index (χ1n) is 6.32. The molecule has 0 aliphatic rings. The van der Waals surface area contributed by atoms with Gasteiger partial charge in [-0.3, -0.25) is 4.98 Å². The summed E-state index contributed by atoms with van der Waals surface area (Å²) in [5.41, 5.74) is 3.73. The smallest absolute Gasteiger partial charge is 0.132 e. The molecule has 3 aromatic rings. The van der Waals surface area contributed by atoms with Gasteiger partial charge in [-0.2, -0.15) is 0 Å². The van der Waals surface area contributed by atoms with Gasteiger partial charge in [-0.25, -0.2) is 4.98 Å². The van der Waals surface area contributed by atoms with Gasteiger partial charge in [0.05, 0.1) is 17.4 Å². The van der Waals surface area contributed by atoms with Crippen LogP contribution in [-0.4, -0.2) is 9.97 Å². The molecular formula is C16H13BrN2O. The Kier molecular flexibility index (Phi) is 3.65. The molecule has 0 aliphatic carbocycles. The van der Waals surface area contributed by atoms with E-state index in [0.717, 1.165) is 32.5 Å². The number of aromatic nitrogens is 2. The number of ether oxygens (including phenoxy) is 1. The van der Waals surface area contributed by atoms with Gasteiger partial charge < -0.3 is 4.74 Å². The van der Waals surface area contributed by atoms with Gasteiger partial charge >= 0.3 is 0 Å². The van der Waals surface area contributed by atoms with Crippen molar-refractivity contribution in [2.45, 2.75) is 13.5 Å². The van der Waals surface area contributed by atoms with E-state index in [9.17, 15) is 0 Å². The molecule has 4 heteroatoms. The van der Waals surface area contributed by atoms with E-state index in [1.165, 1.54) is 0 Å². The van der Waals surface area contributed by atoms with Crippen molar-refractivity contribution in [1.82, 2.24) is 9.97 Å². The SMILES string of the molecule is Cc1cc(Br)c2ncc(COc3ccccc3)nc2c1. The Hall–Kier alpha value is -1.94. The molecule has 1 aromatic heterocycles. The number of aryl methyl sites for hydroxylation is 1. The summed E-state index contributed by atoms with van der Waals surface area (Å²) in [6, 6.07) is 13.8. The molecule has 0 radical (unpaired) electrons. The van der Waals surface area contributed by atoms with E-state index in [0.29, 0.717) is 6.61 Å². The molecule has 0 bridgehead atoms. The van der Waals surface area contributed by atoms with E-state index in [-0.39, 0.29) is 0 Å². The number of hydrogen-bond acceptors (Lipinski definition) is 3. The first kappa shape index (κ1) is 13.1. The third kappa shape index (κ3) is 2.80. The van der Waals surface area contributed by atoms with Crippen LogP contribution in [0.2, 0.25) is 0 Å². The van der Waals surface area contributed by atoms with Crippen LogP contribution in [0.25, 0.3) is 11.0 Å². The third-order valence-corrected chi connectivity index (χ3v) is 3.53. The summed E-state index contributed by atoms with van der Waals surface area (Å²) in [6.07, 6.45) is 1.76. The molecular weight excluding hydrogens is 316 g/mol. The Balaban J connectivity index is 1.86. The van der Waals surface area contributed by atoms with Gasteiger partial charge in [-0.15, -0.1) is 0 Å². The van der Waals surface area contributed by atoms with Crippen molar-refractivity contribution in [3.8, 4) is 5.75 Å². The van der Waals surface area contributed by atoms with Crippen LogP contribution in [-0.2, 0) is 6.61 Å². The van der Waals surface area contributed by atoms with E-state index < -0.39 is 0 Å². The van der Waals surface area contributed by atoms with Crippen LogP contribution in [0.4, 0.5) is 0 Å². The summed E-state index contributed by atoms with van der Waals surface area (Å²) in [6.45, 7) is 2.46. The molecule has 0 fully saturated rings. The monoisotopic (exact) mass is 328 g/mol. The first-order chi connectivity index (χ1) is 9.72. The molecule has 3 rings (SSSR count). The van der Waals surface area contributed by atoms with Gasteiger partial charge in [0.2, 0.25) is 0 Å². The van der Waals surface area contributed by atoms with Crippen molar-refractivity contribution < 1.29 is 4.74 Å². The Morgan fingerprint density at radius 2 is 1.95 bits per heavy atom. The molecule has 0 atom stereocenters. The number of halogens is 1. The second-order valence-electron chi connectivity index (χ2n) is 4.58. The van der Waals surface area contributed by atoms with Crippen molar-refractivity contribution in [2.24, 2.45) is 0 Å². The molecule has 0 spiro atoms. The van der Waals surface area contributed by atoms with E-state index in [1.807, 2.05) is 49.4 Å². The lowest BCUT2D eigenvalue weighted by Gasteiger charge is -2.07. The maximum Gasteiger partial charge on any atom is 0.132 e. The highest BCUT2D eigenvalue weighted by atomic mass is 79.9. The number of hydrogen-bond donors (Lipinski definition) is 0. The minimum Gasteiger partial charge on any atom is -0.487 e. The maximum atomic E-state index is 5.69. The molecule has 0 amide bonds. The molecule has 0 unspecified atom stereocenters. The molecule has 3 nitrogen and oxygen atoms in total. The normalized spacial score (nSPS) is 10.7. The van der Waals surface area contributed by atoms with Crippen LogP contribution >= 0.6 is 15.9 Å². The van der Waals surface area contributed by atoms with Crippen molar-refractivity contribution in [1.29, 1.82) is 0 Å². The lowest BCUT2D eigenvalue weighted by atomic mass is 10.2. The first-order valence-corrected chi connectivity index (χ1v) is 7.11. The average molecular weight is 329 g/mol. The van der Waals surface area contributed by atoms with Crippen LogP contribution in [0, 0.1) is 6.92 Å². The largest absolute Gasteiger partial charge is 0.487 e. The van der Waals surface area contributed by atoms with Crippen LogP contribution in [0.5, 0.6) is 5.75 Å². The maximum absolute atomic E-state index is 5.69. The molecule has 0 saturated carbocycles. The highest BCUT2D eigenvalue weighted by Crippen LogP contribution is 2.23. The zero-order valence-electron chi connectivity index (χ0n) is 11.0. The summed E-state index contributed by atoms with van der Waals surface area (Å²) in [7, 11) is 0. The fourth-order valence-corrected chi connectivity index (χ4v) is 2.66. The van der Waals surface area contributed by atoms with Gasteiger partial charge in [0.15, 0.2) is 0 Å². The Bertz CT molecular complexity index is 744. The van der Waals surface area contributed by atoms with Gasteiger partial charge in [-0.1, -0.05) is 18.2 Å². The van der Waals surface area contributed by atoms with Crippen molar-refractivity contribution in [2.75, 3.05) is 0 Å². The standard InChI is InChI=1S/C16H13BrN2O/c1-11-7-14(17)16-15(8-11)19-12(9-18-16)10-20-13-5-3-2-4-6-13/h2-9H,10H2,1H3. The highest BCUT2D eigenvalue weighted by Gasteiger charge is 2.05. The average Bonchev–Trinajstić information content (AvgIpc) is 2.45. The Morgan fingerprint density at radius 1 is 1.15 bits per heavy atom. The number of para-hydroxylation sites is 1. The minimum atomic E-state index is 0.415. The second kappa shape index (κ2) is 5.59. The minimum absolute atomic E-state index is 0.415. The zero-order chi connectivity index (χ0) is 13.9. The quantitative estimate of drug-likeness (QED) is 0.719. The molecule has 20 heavy (non-hydrogen) atoms. The van der Waals surface area contributed by atoms with Crippen LogP contribution < -0.4 is 4.74 Å². The summed E-state index contributed by atoms with van der Waals surface area (Å²) in [5.74, 6) is 0.833. The van der Waals surface area contributed by atoms with Gasteiger partial charge in [0.1, 0.15) is 17.9 Å². The van der Waals surface area contributed by atoms with Gasteiger partial charge in [0, 0.05) is 4.47 Å². The van der Waals surface area contributed by atoms with Gasteiger partial charge in [0.25, 0.3) is 0 Å². The number of nitrogens with zero attached hydrogens (tertiary/aromatic N) is 2. The summed E-state index contributed by atoms with van der Waals surface area (Å²) >= 11 is 3.51. The number of rotatable bonds is 3. The predicted molar refractivity (Wildman–Crippen MR) is 82.7 cm³/mol. The molecule has 0 N–H and O–H groups in total. The molecule has 0 aliphatic heterocycles. The van der Waals surface area contributed by atoms with Crippen LogP contribution in [0.3, 0.4) is 0 Å². The summed E-state index contributed by atoms with van der Waals surface area (Å²) < 4.78 is 6.66. The second-order valence-corrected chi connectivity index (χ2v) is 5.43. The summed E-state index contributed by atoms with van der Waals surface area (Å²) in [4.78, 5) is 9.04. The Morgan fingerprint density at radius 3 is 2.75 bits per heavy atom. The topological polar surface area (TPSA) is 35.0 Å². The molecule has 0 saturated heterocycles. The van der Waals surface area contributed by atoms with Crippen molar-refractivity contribution >= 4 is 27.0 Å². The van der Waals surface area contributed by atoms with Crippen molar-refractivity contribution in [3.05, 3.63) is 64.4 Å².